The van der Waals surface area contributed by atoms with E-state index >= 15 is 0 Å². The van der Waals surface area contributed by atoms with Crippen LogP contribution in [0.2, 0.25) is 0 Å². The first-order chi connectivity index (χ1) is 19.4. The minimum Gasteiger partial charge on any atom is -0.502 e. The maximum Gasteiger partial charge on any atom is 0.227 e. The molecule has 0 unspecified atom stereocenters. The number of para-hydroxylation sites is 2. The SMILES string of the molecule is CSCC[C@H](NC(=O)CC1(c2oc(C)cc(=O)c2O)CCN(Cc2ccccc2)CC1)c1nc2ccccc2[nH]1. The summed E-state index contributed by atoms with van der Waals surface area (Å²) < 4.78 is 6.01. The van der Waals surface area contributed by atoms with Gasteiger partial charge in [-0.1, -0.05) is 42.5 Å². The molecule has 5 rings (SSSR count). The third-order valence-electron chi connectivity index (χ3n) is 7.77. The van der Waals surface area contributed by atoms with Gasteiger partial charge in [-0.05, 0) is 69.0 Å². The number of benzene rings is 2. The van der Waals surface area contributed by atoms with Crippen LogP contribution >= 0.6 is 11.8 Å². The van der Waals surface area contributed by atoms with Crippen molar-refractivity contribution < 1.29 is 14.3 Å². The van der Waals surface area contributed by atoms with Gasteiger partial charge in [-0.3, -0.25) is 14.5 Å². The van der Waals surface area contributed by atoms with Crippen LogP contribution in [0.25, 0.3) is 11.0 Å². The molecule has 1 atom stereocenters. The molecule has 0 radical (unpaired) electrons. The van der Waals surface area contributed by atoms with Crippen molar-refractivity contribution in [2.45, 2.75) is 50.6 Å². The summed E-state index contributed by atoms with van der Waals surface area (Å²) in [5.74, 6) is 1.66. The van der Waals surface area contributed by atoms with Crippen molar-refractivity contribution >= 4 is 28.7 Å². The molecule has 210 valence electrons. The number of imidazole rings is 1. The summed E-state index contributed by atoms with van der Waals surface area (Å²) in [5, 5.41) is 14.1. The minimum atomic E-state index is -0.801. The Morgan fingerprint density at radius 2 is 1.90 bits per heavy atom. The number of piperidine rings is 1. The molecule has 0 saturated carbocycles. The number of thioether (sulfide) groups is 1. The van der Waals surface area contributed by atoms with E-state index in [1.165, 1.54) is 11.6 Å². The molecule has 0 bridgehead atoms. The zero-order valence-electron chi connectivity index (χ0n) is 23.0. The van der Waals surface area contributed by atoms with Gasteiger partial charge in [-0.15, -0.1) is 0 Å². The van der Waals surface area contributed by atoms with Gasteiger partial charge in [0.1, 0.15) is 11.6 Å². The fraction of sp³-hybridized carbons (Fsp3) is 0.387. The van der Waals surface area contributed by atoms with E-state index in [9.17, 15) is 14.7 Å². The van der Waals surface area contributed by atoms with E-state index in [1.54, 1.807) is 18.7 Å². The number of amides is 1. The molecule has 1 aliphatic heterocycles. The van der Waals surface area contributed by atoms with Crippen molar-refractivity contribution in [2.24, 2.45) is 0 Å². The number of H-pyrrole nitrogens is 1. The summed E-state index contributed by atoms with van der Waals surface area (Å²) in [6.07, 6.45) is 4.01. The molecule has 0 spiro atoms. The first-order valence-corrected chi connectivity index (χ1v) is 15.1. The Kier molecular flexibility index (Phi) is 8.61. The number of carbonyl (C=O) groups is 1. The lowest BCUT2D eigenvalue weighted by Crippen LogP contribution is -2.46. The van der Waals surface area contributed by atoms with Gasteiger partial charge >= 0.3 is 0 Å². The summed E-state index contributed by atoms with van der Waals surface area (Å²) in [6, 6.07) is 19.1. The van der Waals surface area contributed by atoms with E-state index in [2.05, 4.69) is 27.3 Å². The Morgan fingerprint density at radius 1 is 1.18 bits per heavy atom. The first kappa shape index (κ1) is 28.0. The molecule has 1 fully saturated rings. The van der Waals surface area contributed by atoms with Gasteiger partial charge < -0.3 is 19.8 Å². The van der Waals surface area contributed by atoms with Crippen LogP contribution in [-0.2, 0) is 16.8 Å². The number of aromatic amines is 1. The van der Waals surface area contributed by atoms with E-state index in [-0.39, 0.29) is 24.1 Å². The van der Waals surface area contributed by atoms with Crippen LogP contribution in [0.5, 0.6) is 5.75 Å². The fourth-order valence-electron chi connectivity index (χ4n) is 5.63. The monoisotopic (exact) mass is 560 g/mol. The summed E-state index contributed by atoms with van der Waals surface area (Å²) in [5.41, 5.74) is 1.72. The van der Waals surface area contributed by atoms with E-state index in [0.717, 1.165) is 35.6 Å². The number of fused-ring (bicyclic) bond motifs is 1. The Labute approximate surface area is 238 Å². The van der Waals surface area contributed by atoms with Gasteiger partial charge in [0.2, 0.25) is 17.1 Å². The van der Waals surface area contributed by atoms with Gasteiger partial charge in [0.25, 0.3) is 0 Å². The normalized spacial score (nSPS) is 16.1. The molecule has 3 N–H and O–H groups in total. The fourth-order valence-corrected chi connectivity index (χ4v) is 6.10. The number of nitrogens with one attached hydrogen (secondary N) is 2. The molecule has 2 aromatic carbocycles. The summed E-state index contributed by atoms with van der Waals surface area (Å²) in [6.45, 7) is 3.91. The van der Waals surface area contributed by atoms with Crippen molar-refractivity contribution in [3.63, 3.8) is 0 Å². The van der Waals surface area contributed by atoms with Gasteiger partial charge in [0.05, 0.1) is 17.1 Å². The van der Waals surface area contributed by atoms with Crippen LogP contribution in [-0.4, -0.2) is 51.0 Å². The van der Waals surface area contributed by atoms with E-state index in [0.29, 0.717) is 31.7 Å². The Balaban J connectivity index is 1.39. The third kappa shape index (κ3) is 6.26. The quantitative estimate of drug-likeness (QED) is 0.248. The number of carbonyl (C=O) groups excluding carboxylic acids is 1. The number of nitrogens with zero attached hydrogens (tertiary/aromatic N) is 2. The highest BCUT2D eigenvalue weighted by Gasteiger charge is 2.43. The summed E-state index contributed by atoms with van der Waals surface area (Å²) in [4.78, 5) is 36.7. The van der Waals surface area contributed by atoms with Gasteiger partial charge in [0, 0.05) is 24.4 Å². The lowest BCUT2D eigenvalue weighted by molar-refractivity contribution is -0.124. The zero-order valence-corrected chi connectivity index (χ0v) is 23.8. The molecule has 8 nitrogen and oxygen atoms in total. The average molecular weight is 561 g/mol. The summed E-state index contributed by atoms with van der Waals surface area (Å²) >= 11 is 1.72. The highest BCUT2D eigenvalue weighted by molar-refractivity contribution is 7.98. The van der Waals surface area contributed by atoms with Crippen LogP contribution < -0.4 is 10.7 Å². The molecular formula is C31H36N4O4S. The predicted molar refractivity (Wildman–Crippen MR) is 159 cm³/mol. The van der Waals surface area contributed by atoms with E-state index in [4.69, 9.17) is 9.40 Å². The number of aromatic nitrogens is 2. The number of rotatable bonds is 10. The van der Waals surface area contributed by atoms with E-state index < -0.39 is 16.6 Å². The predicted octanol–water partition coefficient (Wildman–Crippen LogP) is 5.06. The molecule has 2 aromatic heterocycles. The molecule has 40 heavy (non-hydrogen) atoms. The van der Waals surface area contributed by atoms with Gasteiger partial charge in [-0.25, -0.2) is 4.98 Å². The Morgan fingerprint density at radius 3 is 2.62 bits per heavy atom. The third-order valence-corrected chi connectivity index (χ3v) is 8.42. The number of hydrogen-bond acceptors (Lipinski definition) is 7. The number of aryl methyl sites for hydroxylation is 1. The molecule has 1 amide bonds. The lowest BCUT2D eigenvalue weighted by Gasteiger charge is -2.41. The van der Waals surface area contributed by atoms with Crippen LogP contribution in [0.4, 0.5) is 0 Å². The second kappa shape index (κ2) is 12.3. The number of aromatic hydroxyl groups is 1. The average Bonchev–Trinajstić information content (AvgIpc) is 3.39. The molecule has 1 saturated heterocycles. The van der Waals surface area contributed by atoms with Crippen molar-refractivity contribution in [3.8, 4) is 5.75 Å². The van der Waals surface area contributed by atoms with Crippen LogP contribution in [0.3, 0.4) is 0 Å². The van der Waals surface area contributed by atoms with Gasteiger partial charge in [-0.2, -0.15) is 11.8 Å². The molecule has 9 heteroatoms. The number of likely N-dealkylation sites (tertiary alicyclic amines) is 1. The van der Waals surface area contributed by atoms with Gasteiger partial charge in [0.15, 0.2) is 5.76 Å². The molecule has 4 aromatic rings. The maximum atomic E-state index is 13.7. The standard InChI is InChI=1S/C31H36N4O4S/c1-21-18-26(36)28(38)29(39-21)31(13-15-35(16-14-31)20-22-8-4-3-5-9-22)19-27(37)32-25(12-17-40-2)30-33-23-10-6-7-11-24(23)34-30/h3-11,18,25,38H,12-17,19-20H2,1-2H3,(H,32,37)(H,33,34)/t25-/m0/s1. The van der Waals surface area contributed by atoms with Crippen LogP contribution in [0.15, 0.2) is 69.9 Å². The van der Waals surface area contributed by atoms with Crippen molar-refractivity contribution in [1.29, 1.82) is 0 Å². The Hall–Kier alpha value is -3.56. The first-order valence-electron chi connectivity index (χ1n) is 13.7. The lowest BCUT2D eigenvalue weighted by atomic mass is 9.72. The van der Waals surface area contributed by atoms with Crippen molar-refractivity contribution in [1.82, 2.24) is 20.2 Å². The minimum absolute atomic E-state index is 0.0993. The highest BCUT2D eigenvalue weighted by Crippen LogP contribution is 2.42. The van der Waals surface area contributed by atoms with Crippen LogP contribution in [0.1, 0.15) is 54.6 Å². The summed E-state index contributed by atoms with van der Waals surface area (Å²) in [7, 11) is 0. The zero-order chi connectivity index (χ0) is 28.1. The van der Waals surface area contributed by atoms with Crippen molar-refractivity contribution in [2.75, 3.05) is 25.1 Å². The number of hydrogen-bond donors (Lipinski definition) is 3. The molecule has 1 aliphatic rings. The largest absolute Gasteiger partial charge is 0.502 e. The maximum absolute atomic E-state index is 13.7. The van der Waals surface area contributed by atoms with E-state index in [1.807, 2.05) is 48.7 Å². The highest BCUT2D eigenvalue weighted by atomic mass is 32.2. The second-order valence-corrected chi connectivity index (χ2v) is 11.6. The topological polar surface area (TPSA) is 111 Å². The Bertz CT molecular complexity index is 1480. The molecule has 3 heterocycles. The smallest absolute Gasteiger partial charge is 0.227 e. The second-order valence-electron chi connectivity index (χ2n) is 10.7. The van der Waals surface area contributed by atoms with Crippen molar-refractivity contribution in [3.05, 3.63) is 93.8 Å². The molecular weight excluding hydrogens is 524 g/mol. The van der Waals surface area contributed by atoms with Crippen LogP contribution in [0, 0.1) is 6.92 Å². The molecule has 0 aliphatic carbocycles.